The van der Waals surface area contributed by atoms with Crippen molar-refractivity contribution in [2.75, 3.05) is 0 Å². The van der Waals surface area contributed by atoms with Crippen LogP contribution in [0.5, 0.6) is 0 Å². The van der Waals surface area contributed by atoms with Crippen molar-refractivity contribution in [3.05, 3.63) is 30.7 Å². The predicted molar refractivity (Wildman–Crippen MR) is 52.7 cm³/mol. The molecule has 0 saturated heterocycles. The Balaban J connectivity index is 2.45. The summed E-state index contributed by atoms with van der Waals surface area (Å²) in [5.74, 6) is 0. The van der Waals surface area contributed by atoms with Crippen molar-refractivity contribution in [1.82, 2.24) is 18.2 Å². The Labute approximate surface area is 83.1 Å². The highest BCUT2D eigenvalue weighted by atomic mass is 127. The predicted octanol–water partition coefficient (Wildman–Crippen LogP) is 1.54. The van der Waals surface area contributed by atoms with Crippen molar-refractivity contribution in [3.63, 3.8) is 0 Å². The van der Waals surface area contributed by atoms with Gasteiger partial charge in [-0.05, 0) is 12.1 Å². The molecule has 0 unspecified atom stereocenters. The molecular formula is C7H5IN4. The topological polar surface area (TPSA) is 43.6 Å². The molecule has 0 atom stereocenters. The van der Waals surface area contributed by atoms with Gasteiger partial charge in [-0.25, -0.2) is 0 Å². The van der Waals surface area contributed by atoms with E-state index in [1.54, 1.807) is 15.3 Å². The molecule has 0 fully saturated rings. The lowest BCUT2D eigenvalue weighted by molar-refractivity contribution is 0.920. The molecule has 2 aromatic rings. The minimum absolute atomic E-state index is 0.845. The van der Waals surface area contributed by atoms with Gasteiger partial charge >= 0.3 is 0 Å². The van der Waals surface area contributed by atoms with Crippen LogP contribution in [0.2, 0.25) is 0 Å². The summed E-state index contributed by atoms with van der Waals surface area (Å²) in [5.41, 5.74) is 1.83. The molecule has 2 heterocycles. The van der Waals surface area contributed by atoms with Crippen LogP contribution in [0.1, 0.15) is 0 Å². The lowest BCUT2D eigenvalue weighted by atomic mass is 10.2. The monoisotopic (exact) mass is 272 g/mol. The van der Waals surface area contributed by atoms with Crippen molar-refractivity contribution in [3.8, 4) is 11.3 Å². The second-order valence-corrected chi connectivity index (χ2v) is 3.22. The average molecular weight is 272 g/mol. The van der Waals surface area contributed by atoms with Crippen LogP contribution in [-0.4, -0.2) is 18.2 Å². The largest absolute Gasteiger partial charge is 0.264 e. The summed E-state index contributed by atoms with van der Waals surface area (Å²) in [7, 11) is 0. The van der Waals surface area contributed by atoms with Crippen molar-refractivity contribution in [2.45, 2.75) is 0 Å². The first-order valence-corrected chi connectivity index (χ1v) is 4.31. The summed E-state index contributed by atoms with van der Waals surface area (Å²) in [5, 5.41) is 7.77. The van der Waals surface area contributed by atoms with Crippen molar-refractivity contribution in [1.29, 1.82) is 0 Å². The Morgan fingerprint density at radius 1 is 1.42 bits per heavy atom. The third kappa shape index (κ3) is 1.45. The number of pyridine rings is 1. The first-order valence-electron chi connectivity index (χ1n) is 3.35. The molecule has 2 rings (SSSR count). The number of halogens is 1. The van der Waals surface area contributed by atoms with Crippen LogP contribution in [-0.2, 0) is 0 Å². The third-order valence-electron chi connectivity index (χ3n) is 1.42. The number of hydrogen-bond acceptors (Lipinski definition) is 3. The summed E-state index contributed by atoms with van der Waals surface area (Å²) >= 11 is 2.05. The van der Waals surface area contributed by atoms with E-state index in [2.05, 4.69) is 38.2 Å². The van der Waals surface area contributed by atoms with E-state index in [9.17, 15) is 0 Å². The third-order valence-corrected chi connectivity index (χ3v) is 1.90. The van der Waals surface area contributed by atoms with Gasteiger partial charge in [-0.1, -0.05) is 5.21 Å². The van der Waals surface area contributed by atoms with E-state index >= 15 is 0 Å². The maximum Gasteiger partial charge on any atom is 0.115 e. The zero-order chi connectivity index (χ0) is 8.39. The van der Waals surface area contributed by atoms with E-state index in [4.69, 9.17) is 0 Å². The molecule has 4 nitrogen and oxygen atoms in total. The molecule has 0 bridgehead atoms. The standard InChI is InChI=1S/C7H5IN4/c8-12-5-7(10-11-12)6-2-1-3-9-4-6/h1-5H. The Bertz CT molecular complexity index is 370. The zero-order valence-electron chi connectivity index (χ0n) is 6.05. The van der Waals surface area contributed by atoms with Crippen LogP contribution in [0.3, 0.4) is 0 Å². The maximum absolute atomic E-state index is 3.99. The molecule has 0 aliphatic rings. The molecule has 0 amide bonds. The van der Waals surface area contributed by atoms with Gasteiger partial charge in [0.05, 0.1) is 29.1 Å². The summed E-state index contributed by atoms with van der Waals surface area (Å²) in [6.07, 6.45) is 5.34. The fraction of sp³-hybridized carbons (Fsp3) is 0. The lowest BCUT2D eigenvalue weighted by Crippen LogP contribution is -1.78. The Kier molecular flexibility index (Phi) is 2.03. The quantitative estimate of drug-likeness (QED) is 0.739. The Morgan fingerprint density at radius 3 is 2.92 bits per heavy atom. The molecule has 60 valence electrons. The minimum atomic E-state index is 0.845. The Hall–Kier alpha value is -0.980. The molecule has 0 spiro atoms. The number of aromatic nitrogens is 4. The van der Waals surface area contributed by atoms with Gasteiger partial charge in [-0.15, -0.1) is 5.10 Å². The van der Waals surface area contributed by atoms with Gasteiger partial charge < -0.3 is 0 Å². The number of nitrogens with zero attached hydrogens (tertiary/aromatic N) is 4. The van der Waals surface area contributed by atoms with Crippen LogP contribution in [0.15, 0.2) is 30.7 Å². The highest BCUT2D eigenvalue weighted by Crippen LogP contribution is 2.13. The van der Waals surface area contributed by atoms with E-state index in [0.29, 0.717) is 0 Å². The van der Waals surface area contributed by atoms with Crippen LogP contribution >= 0.6 is 22.9 Å². The SMILES string of the molecule is In1cc(-c2cccnc2)nn1. The van der Waals surface area contributed by atoms with Gasteiger partial charge in [0.2, 0.25) is 0 Å². The van der Waals surface area contributed by atoms with E-state index in [1.165, 1.54) is 0 Å². The molecule has 0 aliphatic carbocycles. The van der Waals surface area contributed by atoms with Crippen molar-refractivity contribution in [2.24, 2.45) is 0 Å². The van der Waals surface area contributed by atoms with Gasteiger partial charge in [0.1, 0.15) is 5.69 Å². The second-order valence-electron chi connectivity index (χ2n) is 2.23. The van der Waals surface area contributed by atoms with Crippen LogP contribution in [0.25, 0.3) is 11.3 Å². The number of hydrogen-bond donors (Lipinski definition) is 0. The highest BCUT2D eigenvalue weighted by molar-refractivity contribution is 14.1. The molecule has 0 aliphatic heterocycles. The maximum atomic E-state index is 3.99. The molecule has 0 saturated carbocycles. The molecule has 2 aromatic heterocycles. The minimum Gasteiger partial charge on any atom is -0.264 e. The first-order chi connectivity index (χ1) is 5.86. The molecule has 5 heteroatoms. The van der Waals surface area contributed by atoms with Gasteiger partial charge in [-0.3, -0.25) is 4.98 Å². The van der Waals surface area contributed by atoms with Crippen molar-refractivity contribution >= 4 is 22.9 Å². The van der Waals surface area contributed by atoms with Gasteiger partial charge in [-0.2, -0.15) is 2.90 Å². The van der Waals surface area contributed by atoms with Gasteiger partial charge in [0, 0.05) is 18.0 Å². The summed E-state index contributed by atoms with van der Waals surface area (Å²) in [6, 6.07) is 3.83. The van der Waals surface area contributed by atoms with Gasteiger partial charge in [0.25, 0.3) is 0 Å². The highest BCUT2D eigenvalue weighted by Gasteiger charge is 2.00. The average Bonchev–Trinajstić information content (AvgIpc) is 2.54. The van der Waals surface area contributed by atoms with E-state index in [1.807, 2.05) is 18.3 Å². The normalized spacial score (nSPS) is 10.1. The molecule has 0 aromatic carbocycles. The zero-order valence-corrected chi connectivity index (χ0v) is 8.21. The molecule has 12 heavy (non-hydrogen) atoms. The van der Waals surface area contributed by atoms with E-state index in [0.717, 1.165) is 11.3 Å². The molecule has 0 N–H and O–H groups in total. The molecular weight excluding hydrogens is 267 g/mol. The fourth-order valence-corrected chi connectivity index (χ4v) is 1.25. The van der Waals surface area contributed by atoms with Crippen molar-refractivity contribution < 1.29 is 0 Å². The summed E-state index contributed by atoms with van der Waals surface area (Å²) < 4.78 is 1.64. The smallest absolute Gasteiger partial charge is 0.115 e. The van der Waals surface area contributed by atoms with Crippen LogP contribution in [0, 0.1) is 0 Å². The van der Waals surface area contributed by atoms with E-state index in [-0.39, 0.29) is 0 Å². The molecule has 0 radical (unpaired) electrons. The van der Waals surface area contributed by atoms with Crippen LogP contribution in [0.4, 0.5) is 0 Å². The first kappa shape index (κ1) is 7.66. The van der Waals surface area contributed by atoms with E-state index < -0.39 is 0 Å². The lowest BCUT2D eigenvalue weighted by Gasteiger charge is -1.90. The second kappa shape index (κ2) is 3.18. The van der Waals surface area contributed by atoms with Crippen LogP contribution < -0.4 is 0 Å². The summed E-state index contributed by atoms with van der Waals surface area (Å²) in [4.78, 5) is 3.99. The Morgan fingerprint density at radius 2 is 2.33 bits per heavy atom. The van der Waals surface area contributed by atoms with Gasteiger partial charge in [0.15, 0.2) is 0 Å². The fourth-order valence-electron chi connectivity index (χ4n) is 0.890. The number of rotatable bonds is 1. The summed E-state index contributed by atoms with van der Waals surface area (Å²) in [6.45, 7) is 0.